The van der Waals surface area contributed by atoms with Gasteiger partial charge in [-0.25, -0.2) is 0 Å². The number of benzene rings is 2. The van der Waals surface area contributed by atoms with Crippen molar-refractivity contribution in [3.8, 4) is 17.6 Å². The summed E-state index contributed by atoms with van der Waals surface area (Å²) in [6, 6.07) is 15.0. The van der Waals surface area contributed by atoms with Gasteiger partial charge in [-0.05, 0) is 36.8 Å². The van der Waals surface area contributed by atoms with E-state index in [-0.39, 0.29) is 0 Å². The molecule has 0 radical (unpaired) electrons. The molecule has 4 heteroatoms. The minimum absolute atomic E-state index is 0.498. The molecule has 22 heavy (non-hydrogen) atoms. The highest BCUT2D eigenvalue weighted by atomic mass is 35.5. The van der Waals surface area contributed by atoms with Gasteiger partial charge in [0, 0.05) is 10.6 Å². The second-order valence-electron chi connectivity index (χ2n) is 4.49. The van der Waals surface area contributed by atoms with E-state index < -0.39 is 0 Å². The minimum atomic E-state index is 0.498. The van der Waals surface area contributed by atoms with Gasteiger partial charge in [-0.15, -0.1) is 0 Å². The Morgan fingerprint density at radius 3 is 2.64 bits per heavy atom. The monoisotopic (exact) mass is 313 g/mol. The summed E-state index contributed by atoms with van der Waals surface area (Å²) in [5.74, 6) is 1.31. The number of halogens is 1. The zero-order chi connectivity index (χ0) is 15.9. The molecule has 0 saturated heterocycles. The maximum Gasteiger partial charge on any atom is 0.161 e. The molecule has 0 N–H and O–H groups in total. The summed E-state index contributed by atoms with van der Waals surface area (Å²) in [5.41, 5.74) is 2.05. The minimum Gasteiger partial charge on any atom is -0.493 e. The molecule has 0 heterocycles. The van der Waals surface area contributed by atoms with E-state index in [0.717, 1.165) is 5.56 Å². The Bertz CT molecular complexity index is 732. The van der Waals surface area contributed by atoms with Crippen LogP contribution in [-0.2, 0) is 0 Å². The van der Waals surface area contributed by atoms with Crippen molar-refractivity contribution in [2.75, 3.05) is 13.7 Å². The lowest BCUT2D eigenvalue weighted by atomic mass is 10.0. The van der Waals surface area contributed by atoms with Gasteiger partial charge in [0.25, 0.3) is 0 Å². The van der Waals surface area contributed by atoms with Crippen molar-refractivity contribution in [2.24, 2.45) is 0 Å². The Kier molecular flexibility index (Phi) is 5.46. The highest BCUT2D eigenvalue weighted by molar-refractivity contribution is 6.32. The molecular formula is C18H16ClNO2. The zero-order valence-corrected chi connectivity index (χ0v) is 13.2. The van der Waals surface area contributed by atoms with Gasteiger partial charge in [0.15, 0.2) is 11.5 Å². The van der Waals surface area contributed by atoms with Gasteiger partial charge in [-0.3, -0.25) is 0 Å². The number of hydrogen-bond donors (Lipinski definition) is 0. The first kappa shape index (κ1) is 15.9. The first-order valence-corrected chi connectivity index (χ1v) is 7.25. The zero-order valence-electron chi connectivity index (χ0n) is 12.5. The Hall–Kier alpha value is -2.44. The van der Waals surface area contributed by atoms with E-state index in [4.69, 9.17) is 21.1 Å². The van der Waals surface area contributed by atoms with Crippen LogP contribution in [0.5, 0.6) is 11.5 Å². The molecule has 2 aromatic carbocycles. The van der Waals surface area contributed by atoms with Gasteiger partial charge in [0.1, 0.15) is 0 Å². The second kappa shape index (κ2) is 7.53. The molecule has 112 valence electrons. The third kappa shape index (κ3) is 3.60. The van der Waals surface area contributed by atoms with Crippen LogP contribution in [0.3, 0.4) is 0 Å². The lowest BCUT2D eigenvalue weighted by molar-refractivity contribution is 0.311. The second-order valence-corrected chi connectivity index (χ2v) is 4.90. The van der Waals surface area contributed by atoms with E-state index in [2.05, 4.69) is 6.07 Å². The molecule has 0 amide bonds. The lowest BCUT2D eigenvalue weighted by Gasteiger charge is -2.10. The predicted octanol–water partition coefficient (Wildman–Crippen LogP) is 4.81. The molecule has 0 bridgehead atoms. The Balaban J connectivity index is 2.45. The topological polar surface area (TPSA) is 42.2 Å². The third-order valence-corrected chi connectivity index (χ3v) is 3.41. The molecule has 2 aromatic rings. The first-order chi connectivity index (χ1) is 10.7. The van der Waals surface area contributed by atoms with Gasteiger partial charge in [0.05, 0.1) is 25.4 Å². The summed E-state index contributed by atoms with van der Waals surface area (Å²) in [7, 11) is 1.60. The number of rotatable bonds is 5. The Morgan fingerprint density at radius 2 is 2.00 bits per heavy atom. The number of hydrogen-bond acceptors (Lipinski definition) is 3. The molecule has 0 unspecified atom stereocenters. The summed E-state index contributed by atoms with van der Waals surface area (Å²) >= 11 is 6.16. The summed E-state index contributed by atoms with van der Waals surface area (Å²) in [6.07, 6.45) is 1.78. The third-order valence-electron chi connectivity index (χ3n) is 3.08. The standard InChI is InChI=1S/C18H16ClNO2/c1-3-22-18-11-13(8-9-17(18)21-2)10-14(12-20)15-6-4-5-7-16(15)19/h4-11H,3H2,1-2H3. The maximum absolute atomic E-state index is 9.41. The van der Waals surface area contributed by atoms with Crippen molar-refractivity contribution in [1.82, 2.24) is 0 Å². The first-order valence-electron chi connectivity index (χ1n) is 6.87. The van der Waals surface area contributed by atoms with Crippen molar-refractivity contribution in [3.05, 3.63) is 58.6 Å². The fourth-order valence-electron chi connectivity index (χ4n) is 2.07. The van der Waals surface area contributed by atoms with Crippen LogP contribution in [0.4, 0.5) is 0 Å². The van der Waals surface area contributed by atoms with E-state index in [0.29, 0.717) is 34.3 Å². The molecule has 0 aliphatic heterocycles. The summed E-state index contributed by atoms with van der Waals surface area (Å²) < 4.78 is 10.8. The molecule has 0 aliphatic carbocycles. The molecule has 0 aromatic heterocycles. The van der Waals surface area contributed by atoms with Crippen LogP contribution in [0, 0.1) is 11.3 Å². The summed E-state index contributed by atoms with van der Waals surface area (Å²) in [4.78, 5) is 0. The molecule has 0 spiro atoms. The molecule has 0 saturated carbocycles. The molecule has 0 atom stereocenters. The van der Waals surface area contributed by atoms with Crippen LogP contribution >= 0.6 is 11.6 Å². The van der Waals surface area contributed by atoms with Crippen LogP contribution in [0.1, 0.15) is 18.1 Å². The highest BCUT2D eigenvalue weighted by Gasteiger charge is 2.08. The van der Waals surface area contributed by atoms with Crippen LogP contribution in [0.15, 0.2) is 42.5 Å². The molecule has 0 aliphatic rings. The Morgan fingerprint density at radius 1 is 1.23 bits per heavy atom. The van der Waals surface area contributed by atoms with Crippen molar-refractivity contribution in [3.63, 3.8) is 0 Å². The largest absolute Gasteiger partial charge is 0.493 e. The van der Waals surface area contributed by atoms with Crippen molar-refractivity contribution < 1.29 is 9.47 Å². The van der Waals surface area contributed by atoms with Crippen molar-refractivity contribution in [2.45, 2.75) is 6.92 Å². The van der Waals surface area contributed by atoms with E-state index in [1.54, 1.807) is 19.3 Å². The van der Waals surface area contributed by atoms with Gasteiger partial charge in [-0.2, -0.15) is 5.26 Å². The summed E-state index contributed by atoms with van der Waals surface area (Å²) in [6.45, 7) is 2.45. The number of nitrogens with zero attached hydrogens (tertiary/aromatic N) is 1. The molecular weight excluding hydrogens is 298 g/mol. The van der Waals surface area contributed by atoms with Gasteiger partial charge < -0.3 is 9.47 Å². The average Bonchev–Trinajstić information content (AvgIpc) is 2.54. The molecule has 0 fully saturated rings. The molecule has 3 nitrogen and oxygen atoms in total. The predicted molar refractivity (Wildman–Crippen MR) is 89.1 cm³/mol. The van der Waals surface area contributed by atoms with Crippen LogP contribution in [0.2, 0.25) is 5.02 Å². The lowest BCUT2D eigenvalue weighted by Crippen LogP contribution is -1.95. The smallest absolute Gasteiger partial charge is 0.161 e. The Labute approximate surface area is 135 Å². The normalized spacial score (nSPS) is 10.9. The fourth-order valence-corrected chi connectivity index (χ4v) is 2.31. The number of methoxy groups -OCH3 is 1. The number of ether oxygens (including phenoxy) is 2. The van der Waals surface area contributed by atoms with E-state index >= 15 is 0 Å². The quantitative estimate of drug-likeness (QED) is 0.587. The van der Waals surface area contributed by atoms with Gasteiger partial charge >= 0.3 is 0 Å². The van der Waals surface area contributed by atoms with E-state index in [1.165, 1.54) is 0 Å². The van der Waals surface area contributed by atoms with Crippen molar-refractivity contribution >= 4 is 23.3 Å². The number of nitriles is 1. The average molecular weight is 314 g/mol. The number of allylic oxidation sites excluding steroid dienone is 1. The van der Waals surface area contributed by atoms with Gasteiger partial charge in [0.2, 0.25) is 0 Å². The fraction of sp³-hybridized carbons (Fsp3) is 0.167. The maximum atomic E-state index is 9.41. The SMILES string of the molecule is CCOc1cc(C=C(C#N)c2ccccc2Cl)ccc1OC. The van der Waals surface area contributed by atoms with E-state index in [9.17, 15) is 5.26 Å². The summed E-state index contributed by atoms with van der Waals surface area (Å²) in [5, 5.41) is 9.96. The van der Waals surface area contributed by atoms with Crippen LogP contribution < -0.4 is 9.47 Å². The van der Waals surface area contributed by atoms with Crippen LogP contribution in [0.25, 0.3) is 11.6 Å². The molecule has 2 rings (SSSR count). The van der Waals surface area contributed by atoms with Gasteiger partial charge in [-0.1, -0.05) is 35.9 Å². The van der Waals surface area contributed by atoms with Crippen molar-refractivity contribution in [1.29, 1.82) is 5.26 Å². The van der Waals surface area contributed by atoms with E-state index in [1.807, 2.05) is 43.3 Å². The highest BCUT2D eigenvalue weighted by Crippen LogP contribution is 2.31. The van der Waals surface area contributed by atoms with Crippen LogP contribution in [-0.4, -0.2) is 13.7 Å².